The molecule has 1 saturated heterocycles. The van der Waals surface area contributed by atoms with Crippen LogP contribution in [-0.2, 0) is 9.53 Å². The summed E-state index contributed by atoms with van der Waals surface area (Å²) in [6.07, 6.45) is 3.60. The molecule has 1 fully saturated rings. The summed E-state index contributed by atoms with van der Waals surface area (Å²) in [6, 6.07) is 0. The standard InChI is InChI=1S/C9H14N4O2S/c10-8-12-13-9(16-8)11-7(14)4-3-6-2-1-5-15-6/h6H,1-5H2,(H2,10,12)(H,11,13,14). The van der Waals surface area contributed by atoms with Crippen molar-refractivity contribution in [3.63, 3.8) is 0 Å². The van der Waals surface area contributed by atoms with Crippen molar-refractivity contribution >= 4 is 27.5 Å². The number of anilines is 2. The zero-order chi connectivity index (χ0) is 11.4. The van der Waals surface area contributed by atoms with Gasteiger partial charge in [-0.2, -0.15) is 0 Å². The highest BCUT2D eigenvalue weighted by atomic mass is 32.1. The third kappa shape index (κ3) is 3.14. The molecule has 1 aliphatic rings. The lowest BCUT2D eigenvalue weighted by Gasteiger charge is -2.07. The van der Waals surface area contributed by atoms with Crippen molar-refractivity contribution in [3.05, 3.63) is 0 Å². The molecule has 0 aliphatic carbocycles. The lowest BCUT2D eigenvalue weighted by molar-refractivity contribution is -0.116. The fourth-order valence-electron chi connectivity index (χ4n) is 1.63. The highest BCUT2D eigenvalue weighted by molar-refractivity contribution is 7.18. The normalized spacial score (nSPS) is 19.9. The van der Waals surface area contributed by atoms with E-state index in [-0.39, 0.29) is 12.0 Å². The minimum Gasteiger partial charge on any atom is -0.378 e. The maximum Gasteiger partial charge on any atom is 0.226 e. The Balaban J connectivity index is 1.71. The molecule has 3 N–H and O–H groups in total. The third-order valence-electron chi connectivity index (χ3n) is 2.40. The summed E-state index contributed by atoms with van der Waals surface area (Å²) in [5, 5.41) is 10.8. The quantitative estimate of drug-likeness (QED) is 0.822. The van der Waals surface area contributed by atoms with E-state index in [1.54, 1.807) is 0 Å². The van der Waals surface area contributed by atoms with Gasteiger partial charge in [0.2, 0.25) is 16.2 Å². The van der Waals surface area contributed by atoms with E-state index in [9.17, 15) is 4.79 Å². The first-order chi connectivity index (χ1) is 7.74. The maximum absolute atomic E-state index is 11.5. The zero-order valence-corrected chi connectivity index (χ0v) is 9.63. The molecule has 1 aromatic rings. The van der Waals surface area contributed by atoms with Gasteiger partial charge in [-0.15, -0.1) is 10.2 Å². The highest BCUT2D eigenvalue weighted by Crippen LogP contribution is 2.19. The molecule has 7 heteroatoms. The van der Waals surface area contributed by atoms with Gasteiger partial charge in [-0.05, 0) is 19.3 Å². The van der Waals surface area contributed by atoms with Crippen molar-refractivity contribution in [2.45, 2.75) is 31.8 Å². The summed E-state index contributed by atoms with van der Waals surface area (Å²) >= 11 is 1.17. The molecule has 1 aliphatic heterocycles. The van der Waals surface area contributed by atoms with Crippen molar-refractivity contribution in [3.8, 4) is 0 Å². The number of hydrogen-bond donors (Lipinski definition) is 2. The summed E-state index contributed by atoms with van der Waals surface area (Å²) in [4.78, 5) is 11.5. The second-order valence-corrected chi connectivity index (χ2v) is 4.68. The van der Waals surface area contributed by atoms with E-state index in [0.29, 0.717) is 16.7 Å². The predicted octanol–water partition coefficient (Wildman–Crippen LogP) is 1.02. The molecule has 0 saturated carbocycles. The largest absolute Gasteiger partial charge is 0.378 e. The molecule has 1 unspecified atom stereocenters. The number of rotatable bonds is 4. The average Bonchev–Trinajstić information content (AvgIpc) is 2.87. The Hall–Kier alpha value is -1.21. The summed E-state index contributed by atoms with van der Waals surface area (Å²) in [7, 11) is 0. The molecular weight excluding hydrogens is 228 g/mol. The van der Waals surface area contributed by atoms with Gasteiger partial charge in [0.05, 0.1) is 6.10 Å². The smallest absolute Gasteiger partial charge is 0.226 e. The molecule has 1 atom stereocenters. The Morgan fingerprint density at radius 2 is 2.50 bits per heavy atom. The molecule has 6 nitrogen and oxygen atoms in total. The lowest BCUT2D eigenvalue weighted by atomic mass is 10.1. The van der Waals surface area contributed by atoms with Crippen molar-refractivity contribution < 1.29 is 9.53 Å². The Bertz CT molecular complexity index is 362. The van der Waals surface area contributed by atoms with Crippen LogP contribution >= 0.6 is 11.3 Å². The Morgan fingerprint density at radius 3 is 3.12 bits per heavy atom. The van der Waals surface area contributed by atoms with Crippen molar-refractivity contribution in [2.75, 3.05) is 17.7 Å². The van der Waals surface area contributed by atoms with Crippen LogP contribution in [-0.4, -0.2) is 28.8 Å². The molecule has 2 heterocycles. The number of nitrogens with zero attached hydrogens (tertiary/aromatic N) is 2. The molecular formula is C9H14N4O2S. The van der Waals surface area contributed by atoms with Crippen LogP contribution in [0.25, 0.3) is 0 Å². The number of amides is 1. The number of ether oxygens (including phenoxy) is 1. The summed E-state index contributed by atoms with van der Waals surface area (Å²) in [5.74, 6) is -0.0633. The molecule has 88 valence electrons. The van der Waals surface area contributed by atoms with Gasteiger partial charge in [-0.1, -0.05) is 11.3 Å². The fraction of sp³-hybridized carbons (Fsp3) is 0.667. The lowest BCUT2D eigenvalue weighted by Crippen LogP contribution is -2.15. The van der Waals surface area contributed by atoms with Gasteiger partial charge in [0.25, 0.3) is 0 Å². The number of nitrogen functional groups attached to an aromatic ring is 1. The van der Waals surface area contributed by atoms with Crippen LogP contribution < -0.4 is 11.1 Å². The van der Waals surface area contributed by atoms with Crippen LogP contribution in [0.3, 0.4) is 0 Å². The van der Waals surface area contributed by atoms with Gasteiger partial charge in [-0.25, -0.2) is 0 Å². The van der Waals surface area contributed by atoms with Gasteiger partial charge >= 0.3 is 0 Å². The van der Waals surface area contributed by atoms with Gasteiger partial charge in [0.15, 0.2) is 0 Å². The monoisotopic (exact) mass is 242 g/mol. The topological polar surface area (TPSA) is 90.1 Å². The first kappa shape index (κ1) is 11.3. The van der Waals surface area contributed by atoms with E-state index in [4.69, 9.17) is 10.5 Å². The second-order valence-electron chi connectivity index (χ2n) is 3.67. The molecule has 0 bridgehead atoms. The van der Waals surface area contributed by atoms with Crippen LogP contribution in [0.15, 0.2) is 0 Å². The van der Waals surface area contributed by atoms with Gasteiger partial charge in [0, 0.05) is 13.0 Å². The molecule has 2 rings (SSSR count). The van der Waals surface area contributed by atoms with E-state index in [1.165, 1.54) is 11.3 Å². The number of aromatic nitrogens is 2. The Morgan fingerprint density at radius 1 is 1.62 bits per heavy atom. The number of hydrogen-bond acceptors (Lipinski definition) is 6. The molecule has 0 radical (unpaired) electrons. The van der Waals surface area contributed by atoms with Crippen LogP contribution in [0.4, 0.5) is 10.3 Å². The maximum atomic E-state index is 11.5. The minimum absolute atomic E-state index is 0.0633. The summed E-state index contributed by atoms with van der Waals surface area (Å²) < 4.78 is 5.43. The van der Waals surface area contributed by atoms with Crippen LogP contribution in [0.5, 0.6) is 0 Å². The van der Waals surface area contributed by atoms with E-state index in [0.717, 1.165) is 25.9 Å². The fourth-order valence-corrected chi connectivity index (χ4v) is 2.16. The van der Waals surface area contributed by atoms with Crippen molar-refractivity contribution in [1.82, 2.24) is 10.2 Å². The Labute approximate surface area is 97.2 Å². The Kier molecular flexibility index (Phi) is 3.68. The number of nitrogens with one attached hydrogen (secondary N) is 1. The number of carbonyl (C=O) groups excluding carboxylic acids is 1. The van der Waals surface area contributed by atoms with Crippen LogP contribution in [0.2, 0.25) is 0 Å². The van der Waals surface area contributed by atoms with Crippen LogP contribution in [0.1, 0.15) is 25.7 Å². The first-order valence-corrected chi connectivity index (χ1v) is 6.06. The molecule has 16 heavy (non-hydrogen) atoms. The van der Waals surface area contributed by atoms with Gasteiger partial charge in [0.1, 0.15) is 0 Å². The average molecular weight is 242 g/mol. The van der Waals surface area contributed by atoms with E-state index in [1.807, 2.05) is 0 Å². The van der Waals surface area contributed by atoms with Crippen molar-refractivity contribution in [1.29, 1.82) is 0 Å². The molecule has 0 spiro atoms. The van der Waals surface area contributed by atoms with Gasteiger partial charge in [-0.3, -0.25) is 4.79 Å². The molecule has 0 aromatic carbocycles. The van der Waals surface area contributed by atoms with E-state index < -0.39 is 0 Å². The number of carbonyl (C=O) groups is 1. The summed E-state index contributed by atoms with van der Waals surface area (Å²) in [6.45, 7) is 0.819. The van der Waals surface area contributed by atoms with Crippen molar-refractivity contribution in [2.24, 2.45) is 0 Å². The molecule has 1 aromatic heterocycles. The second kappa shape index (κ2) is 5.22. The summed E-state index contributed by atoms with van der Waals surface area (Å²) in [5.41, 5.74) is 5.40. The first-order valence-electron chi connectivity index (χ1n) is 5.24. The SMILES string of the molecule is Nc1nnc(NC(=O)CCC2CCCO2)s1. The third-order valence-corrected chi connectivity index (χ3v) is 3.07. The van der Waals surface area contributed by atoms with E-state index >= 15 is 0 Å². The van der Waals surface area contributed by atoms with Crippen LogP contribution in [0, 0.1) is 0 Å². The van der Waals surface area contributed by atoms with E-state index in [2.05, 4.69) is 15.5 Å². The highest BCUT2D eigenvalue weighted by Gasteiger charge is 2.17. The number of nitrogens with two attached hydrogens (primary N) is 1. The zero-order valence-electron chi connectivity index (χ0n) is 8.81. The predicted molar refractivity (Wildman–Crippen MR) is 61.2 cm³/mol. The molecule has 1 amide bonds. The minimum atomic E-state index is -0.0633. The van der Waals surface area contributed by atoms with Gasteiger partial charge < -0.3 is 15.8 Å².